The van der Waals surface area contributed by atoms with Crippen LogP contribution in [0.25, 0.3) is 0 Å². The van der Waals surface area contributed by atoms with Crippen LogP contribution in [0.4, 0.5) is 5.69 Å². The molecular formula is C14H19NO2S. The van der Waals surface area contributed by atoms with Crippen LogP contribution in [-0.2, 0) is 11.2 Å². The molecule has 0 saturated carbocycles. The number of benzene rings is 1. The van der Waals surface area contributed by atoms with E-state index in [0.717, 1.165) is 30.0 Å². The Morgan fingerprint density at radius 1 is 1.44 bits per heavy atom. The van der Waals surface area contributed by atoms with Gasteiger partial charge in [0.05, 0.1) is 0 Å². The summed E-state index contributed by atoms with van der Waals surface area (Å²) in [6.45, 7) is 5.97. The van der Waals surface area contributed by atoms with Gasteiger partial charge in [0.2, 0.25) is 5.91 Å². The van der Waals surface area contributed by atoms with Gasteiger partial charge in [-0.25, -0.2) is 0 Å². The van der Waals surface area contributed by atoms with Gasteiger partial charge in [0.25, 0.3) is 0 Å². The summed E-state index contributed by atoms with van der Waals surface area (Å²) in [6.07, 6.45) is 2.00. The molecule has 1 amide bonds. The molecule has 2 rings (SSSR count). The van der Waals surface area contributed by atoms with E-state index >= 15 is 0 Å². The van der Waals surface area contributed by atoms with Crippen molar-refractivity contribution in [1.29, 1.82) is 0 Å². The Balaban J connectivity index is 2.30. The highest BCUT2D eigenvalue weighted by Crippen LogP contribution is 2.35. The lowest BCUT2D eigenvalue weighted by Gasteiger charge is -2.29. The first-order valence-corrected chi connectivity index (χ1v) is 7.01. The molecule has 0 saturated heterocycles. The summed E-state index contributed by atoms with van der Waals surface area (Å²) in [6, 6.07) is 6.06. The Hall–Kier alpha value is -1.00. The van der Waals surface area contributed by atoms with Gasteiger partial charge in [0.1, 0.15) is 4.93 Å². The molecule has 0 atom stereocenters. The van der Waals surface area contributed by atoms with Gasteiger partial charge in [0, 0.05) is 24.1 Å². The zero-order chi connectivity index (χ0) is 13.3. The van der Waals surface area contributed by atoms with Crippen molar-refractivity contribution in [3.63, 3.8) is 0 Å². The normalized spacial score (nSPS) is 15.4. The Kier molecular flexibility index (Phi) is 3.69. The summed E-state index contributed by atoms with van der Waals surface area (Å²) < 4.78 is 0. The van der Waals surface area contributed by atoms with Gasteiger partial charge in [-0.15, -0.1) is 0 Å². The molecule has 18 heavy (non-hydrogen) atoms. The van der Waals surface area contributed by atoms with Gasteiger partial charge in [-0.3, -0.25) is 4.79 Å². The van der Waals surface area contributed by atoms with Gasteiger partial charge in [-0.1, -0.05) is 11.8 Å². The van der Waals surface area contributed by atoms with Crippen LogP contribution in [-0.4, -0.2) is 22.5 Å². The Morgan fingerprint density at radius 3 is 2.78 bits per heavy atom. The van der Waals surface area contributed by atoms with Gasteiger partial charge in [-0.2, -0.15) is 0 Å². The third kappa shape index (κ3) is 3.06. The molecule has 1 aliphatic rings. The number of carbonyl (C=O) groups is 1. The fraction of sp³-hybridized carbons (Fsp3) is 0.500. The van der Waals surface area contributed by atoms with Crippen LogP contribution in [0.5, 0.6) is 0 Å². The molecule has 3 nitrogen and oxygen atoms in total. The first-order valence-electron chi connectivity index (χ1n) is 6.19. The zero-order valence-corrected chi connectivity index (χ0v) is 11.9. The average molecular weight is 265 g/mol. The van der Waals surface area contributed by atoms with Crippen molar-refractivity contribution in [3.05, 3.63) is 23.8 Å². The van der Waals surface area contributed by atoms with Crippen LogP contribution in [0.2, 0.25) is 0 Å². The number of nitrogens with zero attached hydrogens (tertiary/aromatic N) is 1. The first-order chi connectivity index (χ1) is 8.37. The summed E-state index contributed by atoms with van der Waals surface area (Å²) in [5.41, 5.74) is 2.22. The highest BCUT2D eigenvalue weighted by molar-refractivity contribution is 8.00. The van der Waals surface area contributed by atoms with E-state index < -0.39 is 4.93 Å². The third-order valence-electron chi connectivity index (χ3n) is 2.92. The zero-order valence-electron chi connectivity index (χ0n) is 11.1. The molecule has 0 bridgehead atoms. The van der Waals surface area contributed by atoms with Crippen molar-refractivity contribution in [1.82, 2.24) is 0 Å². The van der Waals surface area contributed by atoms with Crippen molar-refractivity contribution in [2.24, 2.45) is 0 Å². The Labute approximate surface area is 112 Å². The van der Waals surface area contributed by atoms with E-state index in [0.29, 0.717) is 0 Å². The SMILES string of the molecule is CC(=O)N1CCCc2cc(SC(C)(C)O)ccc21. The number of thioether (sulfide) groups is 1. The molecule has 98 valence electrons. The molecule has 1 aromatic carbocycles. The number of hydrogen-bond donors (Lipinski definition) is 1. The van der Waals surface area contributed by atoms with Crippen molar-refractivity contribution < 1.29 is 9.90 Å². The average Bonchev–Trinajstić information content (AvgIpc) is 2.25. The summed E-state index contributed by atoms with van der Waals surface area (Å²) in [5.74, 6) is 0.0961. The highest BCUT2D eigenvalue weighted by atomic mass is 32.2. The molecule has 0 unspecified atom stereocenters. The second-order valence-corrected chi connectivity index (χ2v) is 6.79. The molecule has 4 heteroatoms. The molecular weight excluding hydrogens is 246 g/mol. The molecule has 0 radical (unpaired) electrons. The van der Waals surface area contributed by atoms with Crippen LogP contribution < -0.4 is 4.90 Å². The summed E-state index contributed by atoms with van der Waals surface area (Å²) in [4.78, 5) is 13.7. The largest absolute Gasteiger partial charge is 0.380 e. The lowest BCUT2D eigenvalue weighted by Crippen LogP contribution is -2.33. The van der Waals surface area contributed by atoms with Crippen LogP contribution in [0.1, 0.15) is 32.8 Å². The van der Waals surface area contributed by atoms with Crippen molar-refractivity contribution in [2.45, 2.75) is 43.4 Å². The number of rotatable bonds is 2. The minimum atomic E-state index is -0.775. The second kappa shape index (κ2) is 4.94. The standard InChI is InChI=1S/C14H19NO2S/c1-10(16)15-8-4-5-11-9-12(6-7-13(11)15)18-14(2,3)17/h6-7,9,17H,4-5,8H2,1-3H3. The van der Waals surface area contributed by atoms with E-state index in [1.165, 1.54) is 17.3 Å². The number of anilines is 1. The smallest absolute Gasteiger partial charge is 0.223 e. The summed E-state index contributed by atoms with van der Waals surface area (Å²) in [7, 11) is 0. The van der Waals surface area contributed by atoms with E-state index in [9.17, 15) is 9.90 Å². The lowest BCUT2D eigenvalue weighted by atomic mass is 10.0. The van der Waals surface area contributed by atoms with Crippen molar-refractivity contribution >= 4 is 23.4 Å². The fourth-order valence-electron chi connectivity index (χ4n) is 2.25. The number of aryl methyl sites for hydroxylation is 1. The Morgan fingerprint density at radius 2 is 2.17 bits per heavy atom. The minimum Gasteiger partial charge on any atom is -0.380 e. The molecule has 1 aliphatic heterocycles. The van der Waals surface area contributed by atoms with E-state index in [2.05, 4.69) is 6.07 Å². The second-order valence-electron chi connectivity index (χ2n) is 5.11. The monoisotopic (exact) mass is 265 g/mol. The van der Waals surface area contributed by atoms with Gasteiger partial charge in [0.15, 0.2) is 0 Å². The number of hydrogen-bond acceptors (Lipinski definition) is 3. The van der Waals surface area contributed by atoms with Crippen molar-refractivity contribution in [3.8, 4) is 0 Å². The minimum absolute atomic E-state index is 0.0961. The van der Waals surface area contributed by atoms with Crippen LogP contribution >= 0.6 is 11.8 Å². The van der Waals surface area contributed by atoms with Gasteiger partial charge >= 0.3 is 0 Å². The maximum Gasteiger partial charge on any atom is 0.223 e. The van der Waals surface area contributed by atoms with E-state index in [1.807, 2.05) is 17.0 Å². The quantitative estimate of drug-likeness (QED) is 0.660. The van der Waals surface area contributed by atoms with Crippen LogP contribution in [0.15, 0.2) is 23.1 Å². The van der Waals surface area contributed by atoms with E-state index in [4.69, 9.17) is 0 Å². The molecule has 0 spiro atoms. The Bertz CT molecular complexity index is 465. The number of carbonyl (C=O) groups excluding carboxylic acids is 1. The molecule has 1 aromatic rings. The summed E-state index contributed by atoms with van der Waals surface area (Å²) >= 11 is 1.44. The fourth-order valence-corrected chi connectivity index (χ4v) is 3.17. The number of fused-ring (bicyclic) bond motifs is 1. The lowest BCUT2D eigenvalue weighted by molar-refractivity contribution is -0.116. The van der Waals surface area contributed by atoms with Gasteiger partial charge in [-0.05, 0) is 50.5 Å². The number of amides is 1. The maximum absolute atomic E-state index is 11.6. The summed E-state index contributed by atoms with van der Waals surface area (Å²) in [5, 5.41) is 9.81. The van der Waals surface area contributed by atoms with Crippen LogP contribution in [0, 0.1) is 0 Å². The molecule has 0 aromatic heterocycles. The van der Waals surface area contributed by atoms with Gasteiger partial charge < -0.3 is 10.0 Å². The molecule has 1 heterocycles. The highest BCUT2D eigenvalue weighted by Gasteiger charge is 2.21. The predicted molar refractivity (Wildman–Crippen MR) is 74.9 cm³/mol. The number of aliphatic hydroxyl groups is 1. The predicted octanol–water partition coefficient (Wildman–Crippen LogP) is 2.81. The molecule has 1 N–H and O–H groups in total. The van der Waals surface area contributed by atoms with Crippen LogP contribution in [0.3, 0.4) is 0 Å². The maximum atomic E-state index is 11.6. The molecule has 0 fully saturated rings. The first kappa shape index (κ1) is 13.4. The third-order valence-corrected chi connectivity index (χ3v) is 3.91. The topological polar surface area (TPSA) is 40.5 Å². The molecule has 0 aliphatic carbocycles. The van der Waals surface area contributed by atoms with E-state index in [-0.39, 0.29) is 5.91 Å². The van der Waals surface area contributed by atoms with E-state index in [1.54, 1.807) is 20.8 Å². The van der Waals surface area contributed by atoms with Crippen molar-refractivity contribution in [2.75, 3.05) is 11.4 Å².